The maximum Gasteiger partial charge on any atom is 0.336 e. The van der Waals surface area contributed by atoms with E-state index in [0.717, 1.165) is 0 Å². The zero-order chi connectivity index (χ0) is 16.0. The Morgan fingerprint density at radius 2 is 1.95 bits per heavy atom. The molecule has 3 N–H and O–H groups in total. The molecule has 21 heavy (non-hydrogen) atoms. The second-order valence-electron chi connectivity index (χ2n) is 4.45. The molecule has 1 rings (SSSR count). The van der Waals surface area contributed by atoms with Gasteiger partial charge in [0.1, 0.15) is 6.54 Å². The molecule has 0 aliphatic rings. The number of urea groups is 1. The van der Waals surface area contributed by atoms with E-state index in [1.807, 2.05) is 0 Å². The molecule has 1 aromatic carbocycles. The van der Waals surface area contributed by atoms with Crippen molar-refractivity contribution in [1.29, 1.82) is 0 Å². The highest BCUT2D eigenvalue weighted by molar-refractivity contribution is 5.95. The van der Waals surface area contributed by atoms with E-state index in [-0.39, 0.29) is 18.0 Å². The highest BCUT2D eigenvalue weighted by atomic mass is 16.4. The van der Waals surface area contributed by atoms with Crippen molar-refractivity contribution < 1.29 is 19.5 Å². The van der Waals surface area contributed by atoms with E-state index >= 15 is 0 Å². The number of aromatic carboxylic acids is 1. The molecule has 0 atom stereocenters. The topological polar surface area (TPSA) is 98.7 Å². The molecule has 0 aromatic heterocycles. The minimum absolute atomic E-state index is 0.0590. The summed E-state index contributed by atoms with van der Waals surface area (Å²) >= 11 is 0. The van der Waals surface area contributed by atoms with Gasteiger partial charge in [0.05, 0.1) is 5.56 Å². The summed E-state index contributed by atoms with van der Waals surface area (Å²) in [5.41, 5.74) is 1.11. The van der Waals surface area contributed by atoms with Crippen LogP contribution in [0.25, 0.3) is 0 Å². The van der Waals surface area contributed by atoms with Gasteiger partial charge in [0, 0.05) is 19.3 Å². The maximum atomic E-state index is 12.0. The maximum absolute atomic E-state index is 12.0. The van der Waals surface area contributed by atoms with Crippen molar-refractivity contribution in [2.24, 2.45) is 0 Å². The molecule has 0 saturated carbocycles. The number of hydrogen-bond acceptors (Lipinski definition) is 3. The van der Waals surface area contributed by atoms with Gasteiger partial charge >= 0.3 is 12.0 Å². The van der Waals surface area contributed by atoms with Crippen LogP contribution in [0.1, 0.15) is 22.8 Å². The number of carboxylic acid groups (broad SMARTS) is 1. The minimum atomic E-state index is -1.05. The standard InChI is InChI=1S/C14H19N3O4/c1-4-17(8-12(18)15-3)14(21)16-10-6-5-9(2)11(7-10)13(19)20/h5-7H,4,8H2,1-3H3,(H,15,18)(H,16,21)(H,19,20). The van der Waals surface area contributed by atoms with E-state index in [9.17, 15) is 14.4 Å². The third-order valence-electron chi connectivity index (χ3n) is 3.00. The summed E-state index contributed by atoms with van der Waals surface area (Å²) < 4.78 is 0. The number of nitrogens with one attached hydrogen (secondary N) is 2. The van der Waals surface area contributed by atoms with Crippen LogP contribution in [0.2, 0.25) is 0 Å². The molecule has 3 amide bonds. The number of hydrogen-bond donors (Lipinski definition) is 3. The number of likely N-dealkylation sites (N-methyl/N-ethyl adjacent to an activating group) is 2. The number of aryl methyl sites for hydroxylation is 1. The summed E-state index contributed by atoms with van der Waals surface area (Å²) in [6.07, 6.45) is 0. The Kier molecular flexibility index (Phi) is 5.71. The molecule has 7 heteroatoms. The molecule has 0 bridgehead atoms. The predicted molar refractivity (Wildman–Crippen MR) is 78.5 cm³/mol. The SMILES string of the molecule is CCN(CC(=O)NC)C(=O)Nc1ccc(C)c(C(=O)O)c1. The van der Waals surface area contributed by atoms with Gasteiger partial charge in [-0.1, -0.05) is 6.07 Å². The second-order valence-corrected chi connectivity index (χ2v) is 4.45. The molecule has 0 aliphatic heterocycles. The number of benzene rings is 1. The summed E-state index contributed by atoms with van der Waals surface area (Å²) in [6, 6.07) is 4.17. The summed E-state index contributed by atoms with van der Waals surface area (Å²) in [7, 11) is 1.49. The first-order valence-corrected chi connectivity index (χ1v) is 6.49. The number of amides is 3. The highest BCUT2D eigenvalue weighted by Crippen LogP contribution is 2.15. The zero-order valence-corrected chi connectivity index (χ0v) is 12.3. The fourth-order valence-electron chi connectivity index (χ4n) is 1.71. The van der Waals surface area contributed by atoms with Crippen molar-refractivity contribution in [3.05, 3.63) is 29.3 Å². The minimum Gasteiger partial charge on any atom is -0.478 e. The van der Waals surface area contributed by atoms with E-state index in [1.165, 1.54) is 18.0 Å². The van der Waals surface area contributed by atoms with Crippen LogP contribution in [0.15, 0.2) is 18.2 Å². The first kappa shape index (κ1) is 16.5. The fourth-order valence-corrected chi connectivity index (χ4v) is 1.71. The largest absolute Gasteiger partial charge is 0.478 e. The van der Waals surface area contributed by atoms with Crippen LogP contribution < -0.4 is 10.6 Å². The van der Waals surface area contributed by atoms with Crippen LogP contribution in [0.4, 0.5) is 10.5 Å². The van der Waals surface area contributed by atoms with E-state index in [1.54, 1.807) is 26.0 Å². The van der Waals surface area contributed by atoms with Crippen molar-refractivity contribution in [2.45, 2.75) is 13.8 Å². The predicted octanol–water partition coefficient (Wildman–Crippen LogP) is 1.29. The van der Waals surface area contributed by atoms with Crippen molar-refractivity contribution in [1.82, 2.24) is 10.2 Å². The van der Waals surface area contributed by atoms with Crippen LogP contribution in [-0.4, -0.2) is 48.1 Å². The molecule has 7 nitrogen and oxygen atoms in total. The van der Waals surface area contributed by atoms with Gasteiger partial charge in [-0.25, -0.2) is 9.59 Å². The van der Waals surface area contributed by atoms with Crippen LogP contribution in [-0.2, 0) is 4.79 Å². The van der Waals surface area contributed by atoms with Gasteiger partial charge in [0.2, 0.25) is 5.91 Å². The van der Waals surface area contributed by atoms with E-state index < -0.39 is 12.0 Å². The Hall–Kier alpha value is -2.57. The van der Waals surface area contributed by atoms with Crippen LogP contribution in [0.3, 0.4) is 0 Å². The average molecular weight is 293 g/mol. The molecule has 0 heterocycles. The van der Waals surface area contributed by atoms with Crippen LogP contribution in [0, 0.1) is 6.92 Å². The highest BCUT2D eigenvalue weighted by Gasteiger charge is 2.16. The molecule has 0 fully saturated rings. The van der Waals surface area contributed by atoms with Gasteiger partial charge < -0.3 is 20.6 Å². The Bertz CT molecular complexity index is 557. The summed E-state index contributed by atoms with van der Waals surface area (Å²) in [5.74, 6) is -1.33. The summed E-state index contributed by atoms with van der Waals surface area (Å²) in [5, 5.41) is 14.1. The molecule has 1 aromatic rings. The lowest BCUT2D eigenvalue weighted by molar-refractivity contribution is -0.121. The molecular weight excluding hydrogens is 274 g/mol. The monoisotopic (exact) mass is 293 g/mol. The quantitative estimate of drug-likeness (QED) is 0.762. The van der Waals surface area contributed by atoms with Crippen LogP contribution >= 0.6 is 0 Å². The Labute approximate surface area is 122 Å². The lowest BCUT2D eigenvalue weighted by Crippen LogP contribution is -2.41. The van der Waals surface area contributed by atoms with Gasteiger partial charge in [-0.2, -0.15) is 0 Å². The third kappa shape index (κ3) is 4.48. The van der Waals surface area contributed by atoms with Crippen molar-refractivity contribution in [2.75, 3.05) is 25.5 Å². The Morgan fingerprint density at radius 1 is 1.29 bits per heavy atom. The molecule has 0 aliphatic carbocycles. The van der Waals surface area contributed by atoms with Gasteiger partial charge in [-0.05, 0) is 31.5 Å². The number of carboxylic acids is 1. The number of nitrogens with zero attached hydrogens (tertiary/aromatic N) is 1. The smallest absolute Gasteiger partial charge is 0.336 e. The molecule has 0 spiro atoms. The van der Waals surface area contributed by atoms with E-state index in [2.05, 4.69) is 10.6 Å². The number of rotatable bonds is 5. The zero-order valence-electron chi connectivity index (χ0n) is 12.3. The molecule has 0 radical (unpaired) electrons. The Morgan fingerprint density at radius 3 is 2.48 bits per heavy atom. The molecule has 0 saturated heterocycles. The van der Waals surface area contributed by atoms with Gasteiger partial charge in [0.25, 0.3) is 0 Å². The van der Waals surface area contributed by atoms with E-state index in [0.29, 0.717) is 17.8 Å². The van der Waals surface area contributed by atoms with Crippen LogP contribution in [0.5, 0.6) is 0 Å². The first-order chi connectivity index (χ1) is 9.88. The third-order valence-corrected chi connectivity index (χ3v) is 3.00. The molecular formula is C14H19N3O4. The first-order valence-electron chi connectivity index (χ1n) is 6.49. The number of carbonyl (C=O) groups is 3. The van der Waals surface area contributed by atoms with Gasteiger partial charge in [0.15, 0.2) is 0 Å². The second kappa shape index (κ2) is 7.28. The van der Waals surface area contributed by atoms with E-state index in [4.69, 9.17) is 5.11 Å². The van der Waals surface area contributed by atoms with Gasteiger partial charge in [-0.15, -0.1) is 0 Å². The number of carbonyl (C=O) groups excluding carboxylic acids is 2. The normalized spacial score (nSPS) is 9.86. The Balaban J connectivity index is 2.84. The number of anilines is 1. The summed E-state index contributed by atoms with van der Waals surface area (Å²) in [6.45, 7) is 3.73. The average Bonchev–Trinajstić information content (AvgIpc) is 2.45. The van der Waals surface area contributed by atoms with Crippen molar-refractivity contribution in [3.8, 4) is 0 Å². The fraction of sp³-hybridized carbons (Fsp3) is 0.357. The lowest BCUT2D eigenvalue weighted by Gasteiger charge is -2.20. The van der Waals surface area contributed by atoms with Crippen molar-refractivity contribution >= 4 is 23.6 Å². The molecule has 114 valence electrons. The summed E-state index contributed by atoms with van der Waals surface area (Å²) in [4.78, 5) is 35.7. The lowest BCUT2D eigenvalue weighted by atomic mass is 10.1. The molecule has 0 unspecified atom stereocenters. The van der Waals surface area contributed by atoms with Gasteiger partial charge in [-0.3, -0.25) is 4.79 Å². The van der Waals surface area contributed by atoms with Crippen molar-refractivity contribution in [3.63, 3.8) is 0 Å².